The third-order valence-corrected chi connectivity index (χ3v) is 7.67. The van der Waals surface area contributed by atoms with E-state index in [1.54, 1.807) is 12.1 Å². The largest absolute Gasteiger partial charge is 0.321 e. The lowest BCUT2D eigenvalue weighted by Gasteiger charge is -2.35. The van der Waals surface area contributed by atoms with Crippen LogP contribution in [0.2, 0.25) is 0 Å². The van der Waals surface area contributed by atoms with Crippen LogP contribution in [0.25, 0.3) is 0 Å². The van der Waals surface area contributed by atoms with Crippen LogP contribution in [0, 0.1) is 12.8 Å². The van der Waals surface area contributed by atoms with Gasteiger partial charge in [0.1, 0.15) is 6.17 Å². The normalized spacial score (nSPS) is 24.8. The second kappa shape index (κ2) is 8.51. The summed E-state index contributed by atoms with van der Waals surface area (Å²) in [6.07, 6.45) is 3.04. The maximum Gasteiger partial charge on any atom is 0.244 e. The molecule has 2 aliphatic rings. The van der Waals surface area contributed by atoms with E-state index in [0.717, 1.165) is 31.5 Å². The molecule has 1 aromatic carbocycles. The Labute approximate surface area is 169 Å². The minimum absolute atomic E-state index is 0.00970. The number of sulfonamides is 1. The molecule has 0 N–H and O–H groups in total. The number of nitrogens with zero attached hydrogens (tertiary/aromatic N) is 3. The number of benzene rings is 1. The third-order valence-electron chi connectivity index (χ3n) is 5.82. The fraction of sp³-hybridized carbons (Fsp3) is 0.667. The summed E-state index contributed by atoms with van der Waals surface area (Å²) in [6.45, 7) is 10.5. The molecule has 0 aliphatic carbocycles. The van der Waals surface area contributed by atoms with E-state index in [-0.39, 0.29) is 17.9 Å². The molecule has 0 radical (unpaired) electrons. The van der Waals surface area contributed by atoms with E-state index < -0.39 is 16.2 Å². The first-order valence-corrected chi connectivity index (χ1v) is 11.8. The van der Waals surface area contributed by atoms with Gasteiger partial charge < -0.3 is 4.90 Å². The SMILES string of the molecule is Cc1ccc(S(=O)(=O)N2C[C@@H](C)N(C(=O)CN3CCCCC3)[C@@H]2C(C)C)cc1. The van der Waals surface area contributed by atoms with Crippen LogP contribution in [0.15, 0.2) is 29.2 Å². The molecule has 2 heterocycles. The molecule has 28 heavy (non-hydrogen) atoms. The highest BCUT2D eigenvalue weighted by molar-refractivity contribution is 7.89. The molecule has 0 bridgehead atoms. The quantitative estimate of drug-likeness (QED) is 0.753. The van der Waals surface area contributed by atoms with E-state index in [2.05, 4.69) is 4.90 Å². The lowest BCUT2D eigenvalue weighted by Crippen LogP contribution is -2.51. The van der Waals surface area contributed by atoms with Crippen molar-refractivity contribution in [3.63, 3.8) is 0 Å². The van der Waals surface area contributed by atoms with Crippen LogP contribution < -0.4 is 0 Å². The molecule has 0 unspecified atom stereocenters. The van der Waals surface area contributed by atoms with Crippen LogP contribution in [-0.2, 0) is 14.8 Å². The summed E-state index contributed by atoms with van der Waals surface area (Å²) in [4.78, 5) is 17.5. The standard InChI is InChI=1S/C21H33N3O3S/c1-16(2)21-23(28(26,27)19-10-8-17(3)9-11-19)14-18(4)24(21)20(25)15-22-12-6-5-7-13-22/h8-11,16,18,21H,5-7,12-15H2,1-4H3/t18-,21-/m1/s1. The van der Waals surface area contributed by atoms with Crippen molar-refractivity contribution in [2.75, 3.05) is 26.2 Å². The molecule has 0 spiro atoms. The zero-order valence-corrected chi connectivity index (χ0v) is 18.3. The lowest BCUT2D eigenvalue weighted by molar-refractivity contribution is -0.137. The molecule has 7 heteroatoms. The number of carbonyl (C=O) groups is 1. The fourth-order valence-electron chi connectivity index (χ4n) is 4.38. The summed E-state index contributed by atoms with van der Waals surface area (Å²) >= 11 is 0. The first-order valence-electron chi connectivity index (χ1n) is 10.3. The summed E-state index contributed by atoms with van der Waals surface area (Å²) in [5, 5.41) is 0. The van der Waals surface area contributed by atoms with Gasteiger partial charge in [-0.25, -0.2) is 8.42 Å². The zero-order chi connectivity index (χ0) is 20.5. The Hall–Kier alpha value is -1.44. The highest BCUT2D eigenvalue weighted by Crippen LogP contribution is 2.32. The van der Waals surface area contributed by atoms with Crippen molar-refractivity contribution in [2.45, 2.75) is 64.1 Å². The van der Waals surface area contributed by atoms with Gasteiger partial charge in [0, 0.05) is 12.6 Å². The first-order chi connectivity index (χ1) is 13.2. The smallest absolute Gasteiger partial charge is 0.244 e. The van der Waals surface area contributed by atoms with Crippen molar-refractivity contribution < 1.29 is 13.2 Å². The molecular weight excluding hydrogens is 374 g/mol. The Morgan fingerprint density at radius 3 is 2.29 bits per heavy atom. The van der Waals surface area contributed by atoms with Crippen LogP contribution >= 0.6 is 0 Å². The van der Waals surface area contributed by atoms with Gasteiger partial charge in [-0.15, -0.1) is 0 Å². The number of rotatable bonds is 5. The van der Waals surface area contributed by atoms with Gasteiger partial charge in [0.25, 0.3) is 0 Å². The van der Waals surface area contributed by atoms with E-state index in [0.29, 0.717) is 18.0 Å². The maximum atomic E-state index is 13.3. The van der Waals surface area contributed by atoms with E-state index in [1.165, 1.54) is 10.7 Å². The summed E-state index contributed by atoms with van der Waals surface area (Å²) in [5.41, 5.74) is 1.02. The summed E-state index contributed by atoms with van der Waals surface area (Å²) < 4.78 is 28.2. The molecule has 3 rings (SSSR count). The molecule has 2 fully saturated rings. The van der Waals surface area contributed by atoms with E-state index in [4.69, 9.17) is 0 Å². The maximum absolute atomic E-state index is 13.3. The Kier molecular flexibility index (Phi) is 6.47. The van der Waals surface area contributed by atoms with Gasteiger partial charge in [-0.1, -0.05) is 38.0 Å². The molecule has 2 saturated heterocycles. The first kappa shape index (κ1) is 21.3. The van der Waals surface area contributed by atoms with Crippen LogP contribution in [0.4, 0.5) is 0 Å². The Bertz CT molecular complexity index is 786. The van der Waals surface area contributed by atoms with Crippen LogP contribution in [0.3, 0.4) is 0 Å². The van der Waals surface area contributed by atoms with Gasteiger partial charge >= 0.3 is 0 Å². The minimum Gasteiger partial charge on any atom is -0.321 e. The van der Waals surface area contributed by atoms with Gasteiger partial charge in [0.05, 0.1) is 11.4 Å². The van der Waals surface area contributed by atoms with E-state index in [9.17, 15) is 13.2 Å². The predicted molar refractivity (Wildman–Crippen MR) is 110 cm³/mol. The van der Waals surface area contributed by atoms with Gasteiger partial charge in [0.2, 0.25) is 15.9 Å². The second-order valence-electron chi connectivity index (χ2n) is 8.53. The Balaban J connectivity index is 1.85. The molecule has 2 aliphatic heterocycles. The number of carbonyl (C=O) groups excluding carboxylic acids is 1. The van der Waals surface area contributed by atoms with Gasteiger partial charge in [-0.3, -0.25) is 9.69 Å². The number of aryl methyl sites for hydroxylation is 1. The van der Waals surface area contributed by atoms with Crippen molar-refractivity contribution in [1.82, 2.24) is 14.1 Å². The number of hydrogen-bond acceptors (Lipinski definition) is 4. The average Bonchev–Trinajstić information content (AvgIpc) is 3.01. The van der Waals surface area contributed by atoms with Crippen molar-refractivity contribution in [2.24, 2.45) is 5.92 Å². The van der Waals surface area contributed by atoms with Crippen molar-refractivity contribution in [1.29, 1.82) is 0 Å². The lowest BCUT2D eigenvalue weighted by atomic mass is 10.1. The number of piperidine rings is 1. The number of hydrogen-bond donors (Lipinski definition) is 0. The summed E-state index contributed by atoms with van der Waals surface area (Å²) in [6, 6.07) is 6.81. The molecule has 0 saturated carbocycles. The summed E-state index contributed by atoms with van der Waals surface area (Å²) in [5.74, 6) is 0.0465. The Morgan fingerprint density at radius 2 is 1.71 bits per heavy atom. The summed E-state index contributed by atoms with van der Waals surface area (Å²) in [7, 11) is -3.66. The molecule has 1 amide bonds. The predicted octanol–water partition coefficient (Wildman–Crippen LogP) is 2.68. The second-order valence-corrected chi connectivity index (χ2v) is 10.4. The van der Waals surface area contributed by atoms with Crippen molar-refractivity contribution in [3.05, 3.63) is 29.8 Å². The molecule has 1 aromatic rings. The van der Waals surface area contributed by atoms with E-state index >= 15 is 0 Å². The van der Waals surface area contributed by atoms with Crippen LogP contribution in [-0.4, -0.2) is 66.8 Å². The highest BCUT2D eigenvalue weighted by Gasteiger charge is 2.47. The topological polar surface area (TPSA) is 60.9 Å². The van der Waals surface area contributed by atoms with Crippen molar-refractivity contribution in [3.8, 4) is 0 Å². The third kappa shape index (κ3) is 4.26. The monoisotopic (exact) mass is 407 g/mol. The van der Waals surface area contributed by atoms with Gasteiger partial charge in [0.15, 0.2) is 0 Å². The number of likely N-dealkylation sites (tertiary alicyclic amines) is 1. The molecule has 2 atom stereocenters. The number of amides is 1. The highest BCUT2D eigenvalue weighted by atomic mass is 32.2. The molecular formula is C21H33N3O3S. The molecule has 6 nitrogen and oxygen atoms in total. The van der Waals surface area contributed by atoms with Gasteiger partial charge in [-0.2, -0.15) is 4.31 Å². The minimum atomic E-state index is -3.66. The molecule has 0 aromatic heterocycles. The zero-order valence-electron chi connectivity index (χ0n) is 17.5. The molecule has 156 valence electrons. The van der Waals surface area contributed by atoms with Crippen LogP contribution in [0.1, 0.15) is 45.6 Å². The fourth-order valence-corrected chi connectivity index (χ4v) is 6.17. The average molecular weight is 408 g/mol. The van der Waals surface area contributed by atoms with Gasteiger partial charge in [-0.05, 0) is 57.8 Å². The van der Waals surface area contributed by atoms with Crippen molar-refractivity contribution >= 4 is 15.9 Å². The van der Waals surface area contributed by atoms with Crippen LogP contribution in [0.5, 0.6) is 0 Å². The van der Waals surface area contributed by atoms with E-state index in [1.807, 2.05) is 44.7 Å². The Morgan fingerprint density at radius 1 is 1.11 bits per heavy atom.